The molecule has 2 aromatic carbocycles. The van der Waals surface area contributed by atoms with Crippen molar-refractivity contribution in [2.24, 2.45) is 12.5 Å². The Labute approximate surface area is 210 Å². The zero-order valence-corrected chi connectivity index (χ0v) is 20.8. The SMILES string of the molecule is CN1CCCC2(CCn3c(c(C4=C(c5cn(C)c6ccccc56)C(=O)NC4=O)c4ccccc43)C2)C1. The number of amides is 2. The number of hydrogen-bond acceptors (Lipinski definition) is 3. The molecule has 6 nitrogen and oxygen atoms in total. The molecule has 6 heteroatoms. The average Bonchev–Trinajstić information content (AvgIpc) is 3.46. The number of para-hydroxylation sites is 2. The average molecular weight is 479 g/mol. The summed E-state index contributed by atoms with van der Waals surface area (Å²) in [5.74, 6) is -0.597. The number of fused-ring (bicyclic) bond motifs is 4. The summed E-state index contributed by atoms with van der Waals surface area (Å²) in [4.78, 5) is 29.4. The van der Waals surface area contributed by atoms with Crippen LogP contribution in [0.4, 0.5) is 0 Å². The monoisotopic (exact) mass is 478 g/mol. The Hall–Kier alpha value is -3.64. The number of aromatic nitrogens is 2. The van der Waals surface area contributed by atoms with Crippen LogP contribution >= 0.6 is 0 Å². The Kier molecular flexibility index (Phi) is 4.61. The molecule has 4 aromatic rings. The van der Waals surface area contributed by atoms with Crippen LogP contribution in [0.3, 0.4) is 0 Å². The summed E-state index contributed by atoms with van der Waals surface area (Å²) < 4.78 is 4.44. The topological polar surface area (TPSA) is 59.3 Å². The van der Waals surface area contributed by atoms with Gasteiger partial charge in [0, 0.05) is 65.0 Å². The number of piperidine rings is 1. The number of likely N-dealkylation sites (tertiary alicyclic amines) is 1. The standard InChI is InChI=1S/C30H30N4O2/c1-32-14-7-12-30(18-32)13-15-34-23-11-6-4-9-20(23)25(24(34)16-30)27-26(28(35)31-29(27)36)21-17-33(2)22-10-5-3-8-19(21)22/h3-6,8-11,17H,7,12-16,18H2,1-2H3,(H,31,35,36). The van der Waals surface area contributed by atoms with Crippen LogP contribution < -0.4 is 5.32 Å². The highest BCUT2D eigenvalue weighted by Gasteiger charge is 2.42. The van der Waals surface area contributed by atoms with Gasteiger partial charge in [-0.2, -0.15) is 0 Å². The minimum absolute atomic E-state index is 0.214. The Morgan fingerprint density at radius 3 is 2.36 bits per heavy atom. The molecule has 1 unspecified atom stereocenters. The molecule has 1 spiro atoms. The van der Waals surface area contributed by atoms with Gasteiger partial charge in [0.1, 0.15) is 0 Å². The Bertz CT molecular complexity index is 1620. The smallest absolute Gasteiger partial charge is 0.259 e. The number of rotatable bonds is 2. The van der Waals surface area contributed by atoms with E-state index in [0.717, 1.165) is 65.4 Å². The predicted molar refractivity (Wildman–Crippen MR) is 142 cm³/mol. The van der Waals surface area contributed by atoms with Crippen molar-refractivity contribution in [3.8, 4) is 0 Å². The quantitative estimate of drug-likeness (QED) is 0.436. The molecular weight excluding hydrogens is 448 g/mol. The number of nitrogens with one attached hydrogen (secondary N) is 1. The van der Waals surface area contributed by atoms with Crippen LogP contribution in [0.5, 0.6) is 0 Å². The zero-order valence-electron chi connectivity index (χ0n) is 20.8. The number of imide groups is 1. The summed E-state index contributed by atoms with van der Waals surface area (Å²) in [6, 6.07) is 16.4. The van der Waals surface area contributed by atoms with Gasteiger partial charge in [-0.3, -0.25) is 14.9 Å². The van der Waals surface area contributed by atoms with E-state index in [4.69, 9.17) is 0 Å². The van der Waals surface area contributed by atoms with Crippen LogP contribution in [-0.2, 0) is 29.6 Å². The fourth-order valence-corrected chi connectivity index (χ4v) is 7.16. The minimum atomic E-state index is -0.307. The molecule has 3 aliphatic rings. The van der Waals surface area contributed by atoms with E-state index in [1.54, 1.807) is 0 Å². The van der Waals surface area contributed by atoms with Gasteiger partial charge in [-0.15, -0.1) is 0 Å². The molecule has 2 amide bonds. The molecule has 0 bridgehead atoms. The maximum absolute atomic E-state index is 13.5. The number of benzene rings is 2. The van der Waals surface area contributed by atoms with Crippen molar-refractivity contribution < 1.29 is 9.59 Å². The third-order valence-electron chi connectivity index (χ3n) is 8.69. The molecular formula is C30H30N4O2. The molecule has 0 aliphatic carbocycles. The van der Waals surface area contributed by atoms with E-state index < -0.39 is 0 Å². The van der Waals surface area contributed by atoms with Gasteiger partial charge >= 0.3 is 0 Å². The van der Waals surface area contributed by atoms with Crippen molar-refractivity contribution in [1.29, 1.82) is 0 Å². The molecule has 7 rings (SSSR count). The third-order valence-corrected chi connectivity index (χ3v) is 8.69. The maximum Gasteiger partial charge on any atom is 0.259 e. The van der Waals surface area contributed by atoms with Crippen molar-refractivity contribution in [2.75, 3.05) is 20.1 Å². The second-order valence-electron chi connectivity index (χ2n) is 11.0. The van der Waals surface area contributed by atoms with E-state index in [2.05, 4.69) is 40.0 Å². The molecule has 182 valence electrons. The van der Waals surface area contributed by atoms with Crippen molar-refractivity contribution in [3.63, 3.8) is 0 Å². The normalized spacial score (nSPS) is 22.7. The van der Waals surface area contributed by atoms with E-state index in [1.165, 1.54) is 18.5 Å². The number of carbonyl (C=O) groups is 2. The number of hydrogen-bond donors (Lipinski definition) is 1. The first-order valence-electron chi connectivity index (χ1n) is 12.9. The van der Waals surface area contributed by atoms with Crippen LogP contribution in [0.1, 0.15) is 36.1 Å². The van der Waals surface area contributed by atoms with E-state index >= 15 is 0 Å². The summed E-state index contributed by atoms with van der Waals surface area (Å²) >= 11 is 0. The fraction of sp³-hybridized carbons (Fsp3) is 0.333. The van der Waals surface area contributed by atoms with Crippen LogP contribution in [0, 0.1) is 5.41 Å². The molecule has 1 atom stereocenters. The highest BCUT2D eigenvalue weighted by atomic mass is 16.2. The molecule has 1 saturated heterocycles. The minimum Gasteiger partial charge on any atom is -0.350 e. The Morgan fingerprint density at radius 1 is 0.833 bits per heavy atom. The van der Waals surface area contributed by atoms with Crippen LogP contribution in [0.15, 0.2) is 54.7 Å². The molecule has 36 heavy (non-hydrogen) atoms. The molecule has 1 fully saturated rings. The molecule has 1 N–H and O–H groups in total. The second-order valence-corrected chi connectivity index (χ2v) is 11.0. The van der Waals surface area contributed by atoms with Gasteiger partial charge in [0.2, 0.25) is 0 Å². The van der Waals surface area contributed by atoms with Gasteiger partial charge in [-0.25, -0.2) is 0 Å². The van der Waals surface area contributed by atoms with Gasteiger partial charge in [0.25, 0.3) is 11.8 Å². The van der Waals surface area contributed by atoms with Gasteiger partial charge in [-0.1, -0.05) is 36.4 Å². The lowest BCUT2D eigenvalue weighted by Crippen LogP contribution is -2.45. The first-order chi connectivity index (χ1) is 17.5. The number of aryl methyl sites for hydroxylation is 2. The van der Waals surface area contributed by atoms with Gasteiger partial charge in [0.05, 0.1) is 11.1 Å². The highest BCUT2D eigenvalue weighted by Crippen LogP contribution is 2.47. The summed E-state index contributed by atoms with van der Waals surface area (Å²) in [6.45, 7) is 3.16. The summed E-state index contributed by atoms with van der Waals surface area (Å²) in [5.41, 5.74) is 6.40. The van der Waals surface area contributed by atoms with Crippen LogP contribution in [-0.4, -0.2) is 46.0 Å². The lowest BCUT2D eigenvalue weighted by molar-refractivity contribution is -0.122. The van der Waals surface area contributed by atoms with Crippen LogP contribution in [0.2, 0.25) is 0 Å². The van der Waals surface area contributed by atoms with Gasteiger partial charge in [0.15, 0.2) is 0 Å². The van der Waals surface area contributed by atoms with Crippen LogP contribution in [0.25, 0.3) is 33.0 Å². The lowest BCUT2D eigenvalue weighted by atomic mass is 9.71. The Balaban J connectivity index is 1.52. The summed E-state index contributed by atoms with van der Waals surface area (Å²) in [5, 5.41) is 4.70. The van der Waals surface area contributed by atoms with E-state index in [-0.39, 0.29) is 17.2 Å². The maximum atomic E-state index is 13.5. The fourth-order valence-electron chi connectivity index (χ4n) is 7.16. The molecule has 0 saturated carbocycles. The first kappa shape index (κ1) is 21.6. The van der Waals surface area contributed by atoms with Crippen molar-refractivity contribution >= 4 is 44.8 Å². The van der Waals surface area contributed by atoms with E-state index in [1.807, 2.05) is 48.1 Å². The van der Waals surface area contributed by atoms with Crippen molar-refractivity contribution in [2.45, 2.75) is 32.2 Å². The first-order valence-corrected chi connectivity index (χ1v) is 12.9. The number of nitrogens with zero attached hydrogens (tertiary/aromatic N) is 3. The highest BCUT2D eigenvalue weighted by molar-refractivity contribution is 6.51. The summed E-state index contributed by atoms with van der Waals surface area (Å²) in [6.07, 6.45) is 6.46. The lowest BCUT2D eigenvalue weighted by Gasteiger charge is -2.45. The largest absolute Gasteiger partial charge is 0.350 e. The second kappa shape index (κ2) is 7.68. The molecule has 3 aliphatic heterocycles. The van der Waals surface area contributed by atoms with Gasteiger partial charge < -0.3 is 14.0 Å². The van der Waals surface area contributed by atoms with E-state index in [0.29, 0.717) is 11.1 Å². The van der Waals surface area contributed by atoms with Gasteiger partial charge in [-0.05, 0) is 56.8 Å². The molecule has 0 radical (unpaired) electrons. The molecule has 5 heterocycles. The van der Waals surface area contributed by atoms with Crippen molar-refractivity contribution in [1.82, 2.24) is 19.4 Å². The predicted octanol–water partition coefficient (Wildman–Crippen LogP) is 4.36. The molecule has 2 aromatic heterocycles. The third kappa shape index (κ3) is 3.00. The van der Waals surface area contributed by atoms with E-state index in [9.17, 15) is 9.59 Å². The zero-order chi connectivity index (χ0) is 24.6. The Morgan fingerprint density at radius 2 is 1.56 bits per heavy atom. The summed E-state index contributed by atoms with van der Waals surface area (Å²) in [7, 11) is 4.20. The van der Waals surface area contributed by atoms with Crippen molar-refractivity contribution in [3.05, 3.63) is 71.5 Å². The number of carbonyl (C=O) groups excluding carboxylic acids is 2.